The number of fused-ring (bicyclic) bond motifs is 2. The largest absolute Gasteiger partial charge is 0.493 e. The Morgan fingerprint density at radius 2 is 1.39 bits per heavy atom. The summed E-state index contributed by atoms with van der Waals surface area (Å²) in [5.74, 6) is -6.92. The molecule has 6 N–H and O–H groups in total. The summed E-state index contributed by atoms with van der Waals surface area (Å²) in [6.45, 7) is 12.2. The molecule has 2 aromatic carbocycles. The number of anilines is 3. The monoisotopic (exact) mass is 1400 g/mol. The van der Waals surface area contributed by atoms with Crippen LogP contribution < -0.4 is 45.9 Å². The lowest BCUT2D eigenvalue weighted by atomic mass is 9.97. The Labute approximate surface area is 575 Å². The minimum Gasteiger partial charge on any atom is -0.493 e. The number of carbonyl (C=O) groups is 11. The van der Waals surface area contributed by atoms with Gasteiger partial charge in [0.15, 0.2) is 36.0 Å². The van der Waals surface area contributed by atoms with E-state index in [1.165, 1.54) is 53.0 Å². The van der Waals surface area contributed by atoms with Gasteiger partial charge in [0.1, 0.15) is 29.3 Å². The summed E-state index contributed by atoms with van der Waals surface area (Å²) in [6.07, 6.45) is -8.77. The second kappa shape index (κ2) is 35.0. The van der Waals surface area contributed by atoms with Crippen molar-refractivity contribution in [1.82, 2.24) is 35.0 Å². The Balaban J connectivity index is 1.08. The maximum Gasteiger partial charge on any atom is 0.431 e. The molecule has 3 aliphatic heterocycles. The van der Waals surface area contributed by atoms with Crippen LogP contribution in [0.5, 0.6) is 17.2 Å². The number of esters is 4. The second-order valence-corrected chi connectivity index (χ2v) is 24.6. The molecule has 544 valence electrons. The number of nitrogens with zero attached hydrogens (tertiary/aromatic N) is 5. The number of aliphatic hydroxyl groups excluding tert-OH is 1. The van der Waals surface area contributed by atoms with E-state index in [1.54, 1.807) is 57.9 Å². The van der Waals surface area contributed by atoms with Gasteiger partial charge < -0.3 is 97.4 Å². The molecular formula is C66H86N10O24. The van der Waals surface area contributed by atoms with E-state index in [1.807, 2.05) is 19.0 Å². The molecule has 3 aliphatic rings. The first-order valence-electron chi connectivity index (χ1n) is 31.7. The highest BCUT2D eigenvalue weighted by Gasteiger charge is 2.56. The predicted octanol–water partition coefficient (Wildman–Crippen LogP) is 3.62. The zero-order valence-electron chi connectivity index (χ0n) is 57.7. The zero-order chi connectivity index (χ0) is 73.3. The van der Waals surface area contributed by atoms with E-state index < -0.39 is 115 Å². The van der Waals surface area contributed by atoms with E-state index in [0.29, 0.717) is 29.2 Å². The average Bonchev–Trinajstić information content (AvgIpc) is 1.51. The van der Waals surface area contributed by atoms with Gasteiger partial charge in [0.2, 0.25) is 18.3 Å². The average molecular weight is 1400 g/mol. The Morgan fingerprint density at radius 3 is 2.04 bits per heavy atom. The van der Waals surface area contributed by atoms with Gasteiger partial charge in [0.25, 0.3) is 23.6 Å². The Bertz CT molecular complexity index is 3690. The summed E-state index contributed by atoms with van der Waals surface area (Å²) in [6, 6.07) is 8.54. The Kier molecular flexibility index (Phi) is 26.9. The highest BCUT2D eigenvalue weighted by molar-refractivity contribution is 6.07. The van der Waals surface area contributed by atoms with Crippen LogP contribution in [0.4, 0.5) is 26.7 Å². The number of carbonyl (C=O) groups excluding carboxylic acids is 11. The van der Waals surface area contributed by atoms with Crippen molar-refractivity contribution in [1.29, 1.82) is 0 Å². The number of hydroxylamine groups is 1. The lowest BCUT2D eigenvalue weighted by Crippen LogP contribution is -2.64. The summed E-state index contributed by atoms with van der Waals surface area (Å²) in [4.78, 5) is 155. The Hall–Kier alpha value is -10.3. The number of aryl methyl sites for hydroxylation is 2. The van der Waals surface area contributed by atoms with Gasteiger partial charge in [0, 0.05) is 79.4 Å². The Morgan fingerprint density at radius 1 is 0.740 bits per heavy atom. The van der Waals surface area contributed by atoms with Crippen LogP contribution in [-0.4, -0.2) is 219 Å². The molecule has 100 heavy (non-hydrogen) atoms. The predicted molar refractivity (Wildman–Crippen MR) is 351 cm³/mol. The maximum absolute atomic E-state index is 14.7. The third kappa shape index (κ3) is 20.9. The van der Waals surface area contributed by atoms with Crippen molar-refractivity contribution in [2.24, 2.45) is 14.1 Å². The fourth-order valence-electron chi connectivity index (χ4n) is 10.8. The molecular weight excluding hydrogens is 1320 g/mol. The smallest absolute Gasteiger partial charge is 0.431 e. The molecule has 0 spiro atoms. The van der Waals surface area contributed by atoms with Crippen LogP contribution in [0.2, 0.25) is 0 Å². The van der Waals surface area contributed by atoms with Crippen LogP contribution in [0.3, 0.4) is 0 Å². The van der Waals surface area contributed by atoms with Gasteiger partial charge in [-0.15, -0.1) is 0 Å². The third-order valence-electron chi connectivity index (χ3n) is 15.2. The highest BCUT2D eigenvalue weighted by atomic mass is 16.7. The molecule has 0 bridgehead atoms. The standard InChI is InChI=1S/C66H86N10O24/c1-36-26-48-61(85)76(45-31-51(50(89-12)30-43(45)60(84)75(48)32-36)92-22-14-16-52(80)69-41-28-47(74(11)33-41)59(83)70-42-29-46(73(10)34-42)58(82)67-19-15-21-72(8)9)65(88)93-35-40-17-18-49(44(27-40)57(81)68-20-23-91-24-25-94-71-64(87)100-66(5,6)7)98-63-56(97-39(4)79)54(96-38(3)78)53(95-37(2)77)55(99-63)62(86)90-13/h17-18,27-31,33-34,48,53-56,61,63,85H,1,14-16,19-26,32,35H2,2-13H3,(H,67,82)(H,68,81)(H,69,80)(H,70,83)(H,71,87)/t48-,53-,54-,55-,56+,61?,63+/m0/s1. The molecule has 4 aromatic rings. The summed E-state index contributed by atoms with van der Waals surface area (Å²) in [5.41, 5.74) is 2.78. The van der Waals surface area contributed by atoms with Crippen LogP contribution in [0.1, 0.15) is 114 Å². The summed E-state index contributed by atoms with van der Waals surface area (Å²) in [7, 11) is 9.54. The van der Waals surface area contributed by atoms with Crippen molar-refractivity contribution in [3.63, 3.8) is 0 Å². The summed E-state index contributed by atoms with van der Waals surface area (Å²) < 4.78 is 65.0. The summed E-state index contributed by atoms with van der Waals surface area (Å²) >= 11 is 0. The molecule has 0 radical (unpaired) electrons. The molecule has 0 aliphatic carbocycles. The molecule has 2 fully saturated rings. The van der Waals surface area contributed by atoms with Gasteiger partial charge in [-0.3, -0.25) is 43.2 Å². The van der Waals surface area contributed by atoms with E-state index in [4.69, 9.17) is 56.9 Å². The fraction of sp³-hybridized carbons (Fsp3) is 0.500. The maximum atomic E-state index is 14.7. The van der Waals surface area contributed by atoms with Crippen molar-refractivity contribution in [2.75, 3.05) is 96.5 Å². The number of hydrogen-bond acceptors (Lipinski definition) is 25. The molecule has 2 saturated heterocycles. The van der Waals surface area contributed by atoms with Gasteiger partial charge in [-0.25, -0.2) is 19.3 Å². The SMILES string of the molecule is C=C1C[C@H]2C(O)N(C(=O)OCc3ccc(O[C@@H]4O[C@H](C(=O)OC)[C@@H](OC(C)=O)[C@H](OC(C)=O)[C@H]4OC(C)=O)c(C(=O)NCCOCCONC(=O)OC(C)(C)C)c3)c3cc(OCCCC(=O)Nc4cc(C(=O)Nc5cc(C(=O)NCCCN(C)C)n(C)c5)n(C)c4)c(OC)cc3C(=O)N2C1. The summed E-state index contributed by atoms with van der Waals surface area (Å²) in [5, 5.41) is 23.3. The molecule has 2 aromatic heterocycles. The number of amides is 7. The van der Waals surface area contributed by atoms with E-state index in [9.17, 15) is 57.8 Å². The molecule has 7 amide bonds. The van der Waals surface area contributed by atoms with Crippen LogP contribution in [0, 0.1) is 0 Å². The van der Waals surface area contributed by atoms with Gasteiger partial charge in [-0.05, 0) is 96.6 Å². The number of rotatable bonds is 30. The van der Waals surface area contributed by atoms with Crippen LogP contribution in [0.15, 0.2) is 67.0 Å². The van der Waals surface area contributed by atoms with Crippen molar-refractivity contribution in [3.05, 3.63) is 95.1 Å². The normalized spacial score (nSPS) is 18.6. The lowest BCUT2D eigenvalue weighted by molar-refractivity contribution is -0.282. The van der Waals surface area contributed by atoms with Gasteiger partial charge in [0.05, 0.1) is 74.9 Å². The molecule has 34 heteroatoms. The quantitative estimate of drug-likeness (QED) is 0.0143. The van der Waals surface area contributed by atoms with E-state index in [2.05, 4.69) is 33.3 Å². The van der Waals surface area contributed by atoms with Crippen LogP contribution >= 0.6 is 0 Å². The van der Waals surface area contributed by atoms with Crippen molar-refractivity contribution in [2.45, 2.75) is 122 Å². The van der Waals surface area contributed by atoms with E-state index in [-0.39, 0.29) is 110 Å². The molecule has 1 unspecified atom stereocenters. The first kappa shape index (κ1) is 77.1. The molecule has 0 saturated carbocycles. The van der Waals surface area contributed by atoms with Crippen molar-refractivity contribution >= 4 is 82.7 Å². The van der Waals surface area contributed by atoms with E-state index in [0.717, 1.165) is 45.7 Å². The van der Waals surface area contributed by atoms with Crippen molar-refractivity contribution in [3.8, 4) is 17.2 Å². The van der Waals surface area contributed by atoms with E-state index >= 15 is 0 Å². The molecule has 7 atom stereocenters. The minimum atomic E-state index is -1.91. The lowest BCUT2D eigenvalue weighted by Gasteiger charge is -2.43. The highest BCUT2D eigenvalue weighted by Crippen LogP contribution is 2.42. The van der Waals surface area contributed by atoms with Crippen LogP contribution in [0.25, 0.3) is 0 Å². The number of ether oxygens (including phenoxy) is 11. The first-order chi connectivity index (χ1) is 47.4. The fourth-order valence-corrected chi connectivity index (χ4v) is 10.8. The van der Waals surface area contributed by atoms with Gasteiger partial charge in [-0.2, -0.15) is 5.48 Å². The van der Waals surface area contributed by atoms with Crippen molar-refractivity contribution < 1.29 is 115 Å². The second-order valence-electron chi connectivity index (χ2n) is 24.6. The van der Waals surface area contributed by atoms with Gasteiger partial charge >= 0.3 is 36.1 Å². The molecule has 7 rings (SSSR count). The number of hydrogen-bond donors (Lipinski definition) is 6. The first-order valence-corrected chi connectivity index (χ1v) is 31.7. The van der Waals surface area contributed by atoms with Crippen LogP contribution in [-0.2, 0) is 87.4 Å². The number of aliphatic hydroxyl groups is 1. The number of benzene rings is 2. The third-order valence-corrected chi connectivity index (χ3v) is 15.2. The number of methoxy groups -OCH3 is 2. The minimum absolute atomic E-state index is 0.00728. The topological polar surface area (TPSA) is 398 Å². The number of nitrogens with one attached hydrogen (secondary N) is 5. The van der Waals surface area contributed by atoms with Gasteiger partial charge in [-0.1, -0.05) is 18.2 Å². The number of aromatic nitrogens is 2. The molecule has 34 nitrogen and oxygen atoms in total. The zero-order valence-corrected chi connectivity index (χ0v) is 57.7. The molecule has 5 heterocycles.